The molecule has 0 saturated heterocycles. The van der Waals surface area contributed by atoms with Crippen molar-refractivity contribution in [1.29, 1.82) is 0 Å². The maximum Gasteiger partial charge on any atom is 0.344 e. The summed E-state index contributed by atoms with van der Waals surface area (Å²) in [5.41, 5.74) is 0.654. The van der Waals surface area contributed by atoms with Gasteiger partial charge in [-0.2, -0.15) is 0 Å². The summed E-state index contributed by atoms with van der Waals surface area (Å²) in [5.74, 6) is 0.0735. The van der Waals surface area contributed by atoms with Crippen LogP contribution in [-0.4, -0.2) is 33.9 Å². The van der Waals surface area contributed by atoms with Crippen molar-refractivity contribution < 1.29 is 14.3 Å². The van der Waals surface area contributed by atoms with Crippen molar-refractivity contribution in [3.05, 3.63) is 35.9 Å². The molecular weight excluding hydrogens is 270 g/mol. The van der Waals surface area contributed by atoms with Gasteiger partial charge in [-0.25, -0.2) is 4.79 Å². The molecule has 0 aliphatic carbocycles. The number of rotatable bonds is 5. The monoisotopic (exact) mass is 281 g/mol. The first-order valence-corrected chi connectivity index (χ1v) is 6.01. The molecule has 0 atom stereocenters. The highest BCUT2D eigenvalue weighted by molar-refractivity contribution is 6.30. The van der Waals surface area contributed by atoms with Crippen LogP contribution in [0.4, 0.5) is 0 Å². The molecule has 1 aromatic heterocycles. The van der Waals surface area contributed by atoms with Gasteiger partial charge in [0.15, 0.2) is 6.61 Å². The van der Waals surface area contributed by atoms with E-state index in [1.54, 1.807) is 29.7 Å². The fourth-order valence-corrected chi connectivity index (χ4v) is 1.65. The van der Waals surface area contributed by atoms with Crippen LogP contribution in [0.2, 0.25) is 5.02 Å². The number of ether oxygens (including phenoxy) is 2. The molecule has 0 N–H and O–H groups in total. The van der Waals surface area contributed by atoms with E-state index in [4.69, 9.17) is 21.1 Å². The van der Waals surface area contributed by atoms with Crippen molar-refractivity contribution in [2.24, 2.45) is 0 Å². The predicted octanol–water partition coefficient (Wildman–Crippen LogP) is 1.86. The molecule has 7 heteroatoms. The van der Waals surface area contributed by atoms with Crippen molar-refractivity contribution in [3.8, 4) is 11.4 Å². The van der Waals surface area contributed by atoms with Gasteiger partial charge in [0.2, 0.25) is 0 Å². The van der Waals surface area contributed by atoms with E-state index in [1.165, 1.54) is 12.7 Å². The lowest BCUT2D eigenvalue weighted by atomic mass is 10.3. The van der Waals surface area contributed by atoms with E-state index in [0.29, 0.717) is 23.1 Å². The number of halogens is 1. The molecule has 100 valence electrons. The third kappa shape index (κ3) is 3.45. The van der Waals surface area contributed by atoms with Crippen LogP contribution in [0.1, 0.15) is 6.92 Å². The minimum Gasteiger partial charge on any atom is -0.480 e. The van der Waals surface area contributed by atoms with E-state index in [0.717, 1.165) is 0 Å². The molecule has 0 bridgehead atoms. The molecule has 0 aliphatic heterocycles. The zero-order chi connectivity index (χ0) is 13.7. The summed E-state index contributed by atoms with van der Waals surface area (Å²) in [6, 6.07) is 5.05. The highest BCUT2D eigenvalue weighted by Gasteiger charge is 2.10. The second-order valence-corrected chi connectivity index (χ2v) is 4.01. The van der Waals surface area contributed by atoms with Gasteiger partial charge in [-0.15, -0.1) is 10.2 Å². The Labute approximate surface area is 114 Å². The molecule has 2 rings (SSSR count). The van der Waals surface area contributed by atoms with Crippen LogP contribution in [0.25, 0.3) is 5.69 Å². The number of esters is 1. The third-order valence-electron chi connectivity index (χ3n) is 2.27. The van der Waals surface area contributed by atoms with Crippen LogP contribution in [0.15, 0.2) is 30.9 Å². The van der Waals surface area contributed by atoms with Crippen molar-refractivity contribution in [2.45, 2.75) is 6.92 Å². The van der Waals surface area contributed by atoms with Crippen LogP contribution in [0, 0.1) is 0 Å². The zero-order valence-electron chi connectivity index (χ0n) is 10.2. The standard InChI is InChI=1S/C12H12ClN3O3/c1-2-18-12(17)6-19-11-4-3-9(13)5-10(11)16-7-14-15-8-16/h3-5,7-8H,2,6H2,1H3. The second kappa shape index (κ2) is 6.19. The Morgan fingerprint density at radius 1 is 1.37 bits per heavy atom. The number of carbonyl (C=O) groups is 1. The van der Waals surface area contributed by atoms with Crippen LogP contribution in [0.3, 0.4) is 0 Å². The minimum absolute atomic E-state index is 0.162. The van der Waals surface area contributed by atoms with Crippen molar-refractivity contribution >= 4 is 17.6 Å². The number of carbonyl (C=O) groups excluding carboxylic acids is 1. The zero-order valence-corrected chi connectivity index (χ0v) is 11.0. The van der Waals surface area contributed by atoms with Gasteiger partial charge in [-0.3, -0.25) is 4.57 Å². The minimum atomic E-state index is -0.424. The topological polar surface area (TPSA) is 66.2 Å². The van der Waals surface area contributed by atoms with Gasteiger partial charge in [0.05, 0.1) is 12.3 Å². The number of aromatic nitrogens is 3. The lowest BCUT2D eigenvalue weighted by molar-refractivity contribution is -0.145. The van der Waals surface area contributed by atoms with Gasteiger partial charge < -0.3 is 9.47 Å². The molecule has 1 heterocycles. The average molecular weight is 282 g/mol. The lowest BCUT2D eigenvalue weighted by Gasteiger charge is -2.11. The first kappa shape index (κ1) is 13.4. The summed E-state index contributed by atoms with van der Waals surface area (Å²) in [6.45, 7) is 1.90. The summed E-state index contributed by atoms with van der Waals surface area (Å²) in [5, 5.41) is 7.98. The molecular formula is C12H12ClN3O3. The Morgan fingerprint density at radius 3 is 2.79 bits per heavy atom. The highest BCUT2D eigenvalue weighted by Crippen LogP contribution is 2.26. The van der Waals surface area contributed by atoms with Gasteiger partial charge in [0.25, 0.3) is 0 Å². The molecule has 0 unspecified atom stereocenters. The Balaban J connectivity index is 2.18. The van der Waals surface area contributed by atoms with Gasteiger partial charge >= 0.3 is 5.97 Å². The number of nitrogens with zero attached hydrogens (tertiary/aromatic N) is 3. The lowest BCUT2D eigenvalue weighted by Crippen LogP contribution is -2.15. The predicted molar refractivity (Wildman–Crippen MR) is 68.5 cm³/mol. The Morgan fingerprint density at radius 2 is 2.11 bits per heavy atom. The average Bonchev–Trinajstić information content (AvgIpc) is 2.91. The third-order valence-corrected chi connectivity index (χ3v) is 2.50. The van der Waals surface area contributed by atoms with Gasteiger partial charge in [0.1, 0.15) is 18.4 Å². The maximum absolute atomic E-state index is 11.3. The number of hydrogen-bond donors (Lipinski definition) is 0. The molecule has 0 spiro atoms. The highest BCUT2D eigenvalue weighted by atomic mass is 35.5. The van der Waals surface area contributed by atoms with Crippen molar-refractivity contribution in [3.63, 3.8) is 0 Å². The number of benzene rings is 1. The summed E-state index contributed by atoms with van der Waals surface area (Å²) >= 11 is 5.94. The van der Waals surface area contributed by atoms with Gasteiger partial charge in [-0.1, -0.05) is 11.6 Å². The molecule has 19 heavy (non-hydrogen) atoms. The largest absolute Gasteiger partial charge is 0.480 e. The summed E-state index contributed by atoms with van der Waals surface area (Å²) in [7, 11) is 0. The van der Waals surface area contributed by atoms with Crippen LogP contribution in [0.5, 0.6) is 5.75 Å². The van der Waals surface area contributed by atoms with Crippen LogP contribution in [-0.2, 0) is 9.53 Å². The van der Waals surface area contributed by atoms with E-state index in [2.05, 4.69) is 10.2 Å². The fraction of sp³-hybridized carbons (Fsp3) is 0.250. The fourth-order valence-electron chi connectivity index (χ4n) is 1.48. The first-order valence-electron chi connectivity index (χ1n) is 5.63. The molecule has 6 nitrogen and oxygen atoms in total. The van der Waals surface area contributed by atoms with E-state index in [-0.39, 0.29) is 6.61 Å². The SMILES string of the molecule is CCOC(=O)COc1ccc(Cl)cc1-n1cnnc1. The summed E-state index contributed by atoms with van der Waals surface area (Å²) in [4.78, 5) is 11.3. The number of hydrogen-bond acceptors (Lipinski definition) is 5. The maximum atomic E-state index is 11.3. The summed E-state index contributed by atoms with van der Waals surface area (Å²) < 4.78 is 11.9. The van der Waals surface area contributed by atoms with E-state index in [1.807, 2.05) is 0 Å². The molecule has 0 aliphatic rings. The Kier molecular flexibility index (Phi) is 4.35. The summed E-state index contributed by atoms with van der Waals surface area (Å²) in [6.07, 6.45) is 3.03. The van der Waals surface area contributed by atoms with Crippen LogP contribution < -0.4 is 4.74 Å². The molecule has 1 aromatic carbocycles. The van der Waals surface area contributed by atoms with E-state index < -0.39 is 5.97 Å². The van der Waals surface area contributed by atoms with Crippen molar-refractivity contribution in [2.75, 3.05) is 13.2 Å². The van der Waals surface area contributed by atoms with Gasteiger partial charge in [0, 0.05) is 5.02 Å². The van der Waals surface area contributed by atoms with E-state index >= 15 is 0 Å². The Bertz CT molecular complexity index is 557. The Hall–Kier alpha value is -2.08. The van der Waals surface area contributed by atoms with E-state index in [9.17, 15) is 4.79 Å². The molecule has 0 saturated carbocycles. The second-order valence-electron chi connectivity index (χ2n) is 3.57. The normalized spacial score (nSPS) is 10.2. The van der Waals surface area contributed by atoms with Crippen molar-refractivity contribution in [1.82, 2.24) is 14.8 Å². The quantitative estimate of drug-likeness (QED) is 0.783. The molecule has 0 amide bonds. The first-order chi connectivity index (χ1) is 9.20. The smallest absolute Gasteiger partial charge is 0.344 e. The van der Waals surface area contributed by atoms with Gasteiger partial charge in [-0.05, 0) is 25.1 Å². The molecule has 0 radical (unpaired) electrons. The molecule has 0 fully saturated rings. The molecule has 2 aromatic rings. The van der Waals surface area contributed by atoms with Crippen LogP contribution >= 0.6 is 11.6 Å².